The fourth-order valence-electron chi connectivity index (χ4n) is 1.26. The van der Waals surface area contributed by atoms with Crippen molar-refractivity contribution in [3.8, 4) is 11.5 Å². The van der Waals surface area contributed by atoms with Gasteiger partial charge in [0.2, 0.25) is 0 Å². The van der Waals surface area contributed by atoms with Crippen LogP contribution in [0.4, 0.5) is 0 Å². The second-order valence-electron chi connectivity index (χ2n) is 3.88. The van der Waals surface area contributed by atoms with E-state index in [0.717, 1.165) is 6.42 Å². The standard InChI is InChI=1S/C14H18O4/c1-3-5-14(16)18-13-8-6-12(7-9-13)17-10-11(15)4-2/h6-9H,3-5,10H2,1-2H3. The van der Waals surface area contributed by atoms with Gasteiger partial charge in [0, 0.05) is 12.8 Å². The number of carbonyl (C=O) groups excluding carboxylic acids is 2. The van der Waals surface area contributed by atoms with Crippen LogP contribution in [0.5, 0.6) is 11.5 Å². The van der Waals surface area contributed by atoms with Gasteiger partial charge in [0.25, 0.3) is 0 Å². The Bertz CT molecular complexity index is 395. The zero-order chi connectivity index (χ0) is 13.4. The fourth-order valence-corrected chi connectivity index (χ4v) is 1.26. The highest BCUT2D eigenvalue weighted by atomic mass is 16.5. The van der Waals surface area contributed by atoms with E-state index in [-0.39, 0.29) is 18.4 Å². The molecular formula is C14H18O4. The molecule has 98 valence electrons. The van der Waals surface area contributed by atoms with Gasteiger partial charge in [0.05, 0.1) is 0 Å². The summed E-state index contributed by atoms with van der Waals surface area (Å²) in [5.41, 5.74) is 0. The number of ether oxygens (including phenoxy) is 2. The van der Waals surface area contributed by atoms with Gasteiger partial charge >= 0.3 is 5.97 Å². The Hall–Kier alpha value is -1.84. The number of benzene rings is 1. The number of ketones is 1. The van der Waals surface area contributed by atoms with Crippen molar-refractivity contribution >= 4 is 11.8 Å². The molecule has 0 fully saturated rings. The molecule has 0 N–H and O–H groups in total. The van der Waals surface area contributed by atoms with E-state index in [1.807, 2.05) is 6.92 Å². The normalized spacial score (nSPS) is 9.89. The van der Waals surface area contributed by atoms with Crippen molar-refractivity contribution in [1.82, 2.24) is 0 Å². The topological polar surface area (TPSA) is 52.6 Å². The van der Waals surface area contributed by atoms with Crippen LogP contribution in [0.15, 0.2) is 24.3 Å². The summed E-state index contributed by atoms with van der Waals surface area (Å²) in [4.78, 5) is 22.3. The maximum atomic E-state index is 11.3. The first-order chi connectivity index (χ1) is 8.65. The van der Waals surface area contributed by atoms with Crippen LogP contribution in [-0.4, -0.2) is 18.4 Å². The third-order valence-corrected chi connectivity index (χ3v) is 2.30. The molecule has 0 aliphatic carbocycles. The van der Waals surface area contributed by atoms with Crippen LogP contribution in [-0.2, 0) is 9.59 Å². The molecule has 18 heavy (non-hydrogen) atoms. The first-order valence-electron chi connectivity index (χ1n) is 6.11. The Morgan fingerprint density at radius 2 is 1.67 bits per heavy atom. The predicted molar refractivity (Wildman–Crippen MR) is 67.8 cm³/mol. The molecule has 0 saturated heterocycles. The van der Waals surface area contributed by atoms with Gasteiger partial charge in [-0.15, -0.1) is 0 Å². The second-order valence-corrected chi connectivity index (χ2v) is 3.88. The summed E-state index contributed by atoms with van der Waals surface area (Å²) in [6.07, 6.45) is 1.63. The molecule has 0 unspecified atom stereocenters. The number of Topliss-reactive ketones (excluding diaryl/α,β-unsaturated/α-hetero) is 1. The average Bonchev–Trinajstić information content (AvgIpc) is 2.37. The number of hydrogen-bond donors (Lipinski definition) is 0. The number of rotatable bonds is 7. The van der Waals surface area contributed by atoms with E-state index < -0.39 is 0 Å². The zero-order valence-electron chi connectivity index (χ0n) is 10.8. The van der Waals surface area contributed by atoms with Crippen molar-refractivity contribution < 1.29 is 19.1 Å². The van der Waals surface area contributed by atoms with Crippen LogP contribution in [0.1, 0.15) is 33.1 Å². The first kappa shape index (κ1) is 14.2. The third-order valence-electron chi connectivity index (χ3n) is 2.30. The van der Waals surface area contributed by atoms with Crippen LogP contribution in [0.2, 0.25) is 0 Å². The number of carbonyl (C=O) groups is 2. The SMILES string of the molecule is CCCC(=O)Oc1ccc(OCC(=O)CC)cc1. The van der Waals surface area contributed by atoms with E-state index in [1.54, 1.807) is 31.2 Å². The van der Waals surface area contributed by atoms with Crippen molar-refractivity contribution in [1.29, 1.82) is 0 Å². The van der Waals surface area contributed by atoms with Gasteiger partial charge in [-0.1, -0.05) is 13.8 Å². The number of hydrogen-bond acceptors (Lipinski definition) is 4. The van der Waals surface area contributed by atoms with Crippen LogP contribution >= 0.6 is 0 Å². The lowest BCUT2D eigenvalue weighted by atomic mass is 10.3. The maximum absolute atomic E-state index is 11.3. The summed E-state index contributed by atoms with van der Waals surface area (Å²) in [5, 5.41) is 0. The highest BCUT2D eigenvalue weighted by Gasteiger charge is 2.04. The molecule has 0 spiro atoms. The summed E-state index contributed by atoms with van der Waals surface area (Å²) in [6.45, 7) is 3.79. The Kier molecular flexibility index (Phi) is 5.91. The van der Waals surface area contributed by atoms with Crippen molar-refractivity contribution in [2.24, 2.45) is 0 Å². The Labute approximate surface area is 107 Å². The lowest BCUT2D eigenvalue weighted by Gasteiger charge is -2.06. The lowest BCUT2D eigenvalue weighted by molar-refractivity contribution is -0.134. The van der Waals surface area contributed by atoms with Crippen LogP contribution < -0.4 is 9.47 Å². The summed E-state index contributed by atoms with van der Waals surface area (Å²) in [6, 6.07) is 6.66. The fraction of sp³-hybridized carbons (Fsp3) is 0.429. The molecule has 1 aromatic carbocycles. The molecule has 4 nitrogen and oxygen atoms in total. The summed E-state index contributed by atoms with van der Waals surface area (Å²) in [5.74, 6) is 0.885. The molecule has 1 rings (SSSR count). The maximum Gasteiger partial charge on any atom is 0.311 e. The van der Waals surface area contributed by atoms with E-state index >= 15 is 0 Å². The van der Waals surface area contributed by atoms with E-state index in [2.05, 4.69) is 0 Å². The van der Waals surface area contributed by atoms with Gasteiger partial charge in [-0.2, -0.15) is 0 Å². The second kappa shape index (κ2) is 7.48. The Morgan fingerprint density at radius 1 is 1.06 bits per heavy atom. The van der Waals surface area contributed by atoms with E-state index in [0.29, 0.717) is 24.3 Å². The van der Waals surface area contributed by atoms with Crippen molar-refractivity contribution in [2.45, 2.75) is 33.1 Å². The predicted octanol–water partition coefficient (Wildman–Crippen LogP) is 2.75. The van der Waals surface area contributed by atoms with Crippen LogP contribution in [0.3, 0.4) is 0 Å². The molecule has 0 aromatic heterocycles. The minimum Gasteiger partial charge on any atom is -0.486 e. The largest absolute Gasteiger partial charge is 0.486 e. The Morgan fingerprint density at radius 3 is 2.22 bits per heavy atom. The Balaban J connectivity index is 2.47. The molecular weight excluding hydrogens is 232 g/mol. The van der Waals surface area contributed by atoms with Crippen molar-refractivity contribution in [3.63, 3.8) is 0 Å². The van der Waals surface area contributed by atoms with Gasteiger partial charge in [-0.3, -0.25) is 9.59 Å². The summed E-state index contributed by atoms with van der Waals surface area (Å²) in [7, 11) is 0. The highest BCUT2D eigenvalue weighted by molar-refractivity contribution is 5.79. The first-order valence-corrected chi connectivity index (χ1v) is 6.11. The van der Waals surface area contributed by atoms with E-state index in [1.165, 1.54) is 0 Å². The van der Waals surface area contributed by atoms with Crippen molar-refractivity contribution in [2.75, 3.05) is 6.61 Å². The van der Waals surface area contributed by atoms with Gasteiger partial charge in [-0.05, 0) is 30.7 Å². The monoisotopic (exact) mass is 250 g/mol. The van der Waals surface area contributed by atoms with E-state index in [9.17, 15) is 9.59 Å². The van der Waals surface area contributed by atoms with Gasteiger partial charge in [0.15, 0.2) is 5.78 Å². The average molecular weight is 250 g/mol. The molecule has 0 amide bonds. The molecule has 0 aliphatic heterocycles. The quantitative estimate of drug-likeness (QED) is 0.551. The smallest absolute Gasteiger partial charge is 0.311 e. The molecule has 0 saturated carbocycles. The molecule has 0 atom stereocenters. The lowest BCUT2D eigenvalue weighted by Crippen LogP contribution is -2.09. The molecule has 4 heteroatoms. The minimum atomic E-state index is -0.243. The summed E-state index contributed by atoms with van der Waals surface area (Å²) < 4.78 is 10.4. The number of esters is 1. The van der Waals surface area contributed by atoms with Gasteiger partial charge < -0.3 is 9.47 Å². The van der Waals surface area contributed by atoms with Crippen LogP contribution in [0.25, 0.3) is 0 Å². The zero-order valence-corrected chi connectivity index (χ0v) is 10.8. The van der Waals surface area contributed by atoms with E-state index in [4.69, 9.17) is 9.47 Å². The molecule has 0 bridgehead atoms. The molecule has 0 aliphatic rings. The molecule has 0 radical (unpaired) electrons. The molecule has 0 heterocycles. The van der Waals surface area contributed by atoms with Crippen molar-refractivity contribution in [3.05, 3.63) is 24.3 Å². The van der Waals surface area contributed by atoms with Gasteiger partial charge in [0.1, 0.15) is 18.1 Å². The van der Waals surface area contributed by atoms with Crippen LogP contribution in [0, 0.1) is 0 Å². The van der Waals surface area contributed by atoms with Gasteiger partial charge in [-0.25, -0.2) is 0 Å². The molecule has 1 aromatic rings. The highest BCUT2D eigenvalue weighted by Crippen LogP contribution is 2.18. The summed E-state index contributed by atoms with van der Waals surface area (Å²) >= 11 is 0. The third kappa shape index (κ3) is 4.99. The minimum absolute atomic E-state index is 0.0495.